The van der Waals surface area contributed by atoms with Crippen LogP contribution in [-0.4, -0.2) is 6.04 Å². The Balaban J connectivity index is 2.90. The Kier molecular flexibility index (Phi) is 2.78. The monoisotopic (exact) mass is 183 g/mol. The maximum absolute atomic E-state index is 6.04. The maximum atomic E-state index is 6.04. The van der Waals surface area contributed by atoms with Crippen LogP contribution in [0.5, 0.6) is 0 Å². The Hall–Kier alpha value is -0.0400. The molecule has 0 amide bonds. The zero-order valence-corrected chi connectivity index (χ0v) is 9.85. The first-order chi connectivity index (χ1) is 5.79. The van der Waals surface area contributed by atoms with Crippen molar-refractivity contribution < 1.29 is 0 Å². The van der Waals surface area contributed by atoms with Gasteiger partial charge in [-0.15, -0.1) is 0 Å². The highest BCUT2D eigenvalue weighted by molar-refractivity contribution is 4.99. The van der Waals surface area contributed by atoms with Crippen molar-refractivity contribution >= 4 is 0 Å². The van der Waals surface area contributed by atoms with E-state index in [-0.39, 0.29) is 0 Å². The number of rotatable bonds is 1. The number of nitrogens with two attached hydrogens (primary N) is 1. The largest absolute Gasteiger partial charge is 0.328 e. The molecule has 2 atom stereocenters. The third kappa shape index (κ3) is 1.76. The molecule has 1 unspecified atom stereocenters. The highest BCUT2D eigenvalue weighted by Gasteiger charge is 2.48. The molecule has 1 fully saturated rings. The molecule has 1 rings (SSSR count). The van der Waals surface area contributed by atoms with Crippen molar-refractivity contribution in [3.8, 4) is 0 Å². The Labute approximate surface area is 83.1 Å². The van der Waals surface area contributed by atoms with Gasteiger partial charge < -0.3 is 5.73 Å². The van der Waals surface area contributed by atoms with Crippen LogP contribution in [0.3, 0.4) is 0 Å². The fourth-order valence-electron chi connectivity index (χ4n) is 3.19. The predicted molar refractivity (Wildman–Crippen MR) is 58.6 cm³/mol. The number of hydrogen-bond donors (Lipinski definition) is 1. The molecule has 1 nitrogen and oxygen atoms in total. The van der Waals surface area contributed by atoms with Gasteiger partial charge in [-0.05, 0) is 36.0 Å². The lowest BCUT2D eigenvalue weighted by Gasteiger charge is -2.46. The highest BCUT2D eigenvalue weighted by atomic mass is 14.7. The summed E-state index contributed by atoms with van der Waals surface area (Å²) in [6, 6.07) is 0.446. The van der Waals surface area contributed by atoms with Gasteiger partial charge in [-0.3, -0.25) is 0 Å². The van der Waals surface area contributed by atoms with E-state index in [4.69, 9.17) is 5.73 Å². The normalized spacial score (nSPS) is 35.8. The molecule has 0 saturated heterocycles. The van der Waals surface area contributed by atoms with Crippen LogP contribution in [0, 0.1) is 16.7 Å². The minimum atomic E-state index is 0.398. The Morgan fingerprint density at radius 2 is 1.85 bits per heavy atom. The van der Waals surface area contributed by atoms with Crippen LogP contribution >= 0.6 is 0 Å². The molecule has 1 aliphatic carbocycles. The fourth-order valence-corrected chi connectivity index (χ4v) is 3.19. The molecule has 1 saturated carbocycles. The summed E-state index contributed by atoms with van der Waals surface area (Å²) in [5.41, 5.74) is 6.92. The molecule has 0 spiro atoms. The molecule has 0 radical (unpaired) electrons. The summed E-state index contributed by atoms with van der Waals surface area (Å²) < 4.78 is 0. The van der Waals surface area contributed by atoms with Crippen molar-refractivity contribution in [1.29, 1.82) is 0 Å². The zero-order valence-electron chi connectivity index (χ0n) is 9.85. The van der Waals surface area contributed by atoms with Crippen LogP contribution in [0.15, 0.2) is 0 Å². The van der Waals surface area contributed by atoms with Crippen molar-refractivity contribution in [2.24, 2.45) is 22.5 Å². The minimum absolute atomic E-state index is 0.398. The van der Waals surface area contributed by atoms with Gasteiger partial charge in [0.1, 0.15) is 0 Å². The Bertz CT molecular complexity index is 178. The maximum Gasteiger partial charge on any atom is 0.00446 e. The fraction of sp³-hybridized carbons (Fsp3) is 1.00. The van der Waals surface area contributed by atoms with Crippen LogP contribution in [0.2, 0.25) is 0 Å². The first-order valence-corrected chi connectivity index (χ1v) is 5.55. The van der Waals surface area contributed by atoms with Gasteiger partial charge in [0, 0.05) is 6.04 Å². The molecule has 0 heterocycles. The second kappa shape index (κ2) is 3.27. The van der Waals surface area contributed by atoms with E-state index in [9.17, 15) is 0 Å². The van der Waals surface area contributed by atoms with E-state index in [1.807, 2.05) is 0 Å². The van der Waals surface area contributed by atoms with Gasteiger partial charge in [-0.2, -0.15) is 0 Å². The summed E-state index contributed by atoms with van der Waals surface area (Å²) in [4.78, 5) is 0. The molecule has 1 aliphatic rings. The Morgan fingerprint density at radius 3 is 2.00 bits per heavy atom. The number of hydrogen-bond acceptors (Lipinski definition) is 1. The van der Waals surface area contributed by atoms with Crippen LogP contribution < -0.4 is 5.73 Å². The molecule has 13 heavy (non-hydrogen) atoms. The van der Waals surface area contributed by atoms with Crippen molar-refractivity contribution in [3.05, 3.63) is 0 Å². The Morgan fingerprint density at radius 1 is 1.31 bits per heavy atom. The molecule has 0 aromatic rings. The molecular formula is C12H25N. The summed E-state index contributed by atoms with van der Waals surface area (Å²) in [6.45, 7) is 11.8. The van der Waals surface area contributed by atoms with Crippen LogP contribution in [0.1, 0.15) is 53.9 Å². The smallest absolute Gasteiger partial charge is 0.00446 e. The van der Waals surface area contributed by atoms with Gasteiger partial charge in [0.05, 0.1) is 0 Å². The molecule has 1 heteroatoms. The van der Waals surface area contributed by atoms with E-state index < -0.39 is 0 Å². The second-order valence-corrected chi connectivity index (χ2v) is 6.06. The molecule has 0 bridgehead atoms. The third-order valence-electron chi connectivity index (χ3n) is 4.19. The summed E-state index contributed by atoms with van der Waals surface area (Å²) in [7, 11) is 0. The van der Waals surface area contributed by atoms with Gasteiger partial charge >= 0.3 is 0 Å². The lowest BCUT2D eigenvalue weighted by molar-refractivity contribution is 0.0366. The predicted octanol–water partition coefficient (Wildman–Crippen LogP) is 3.19. The summed E-state index contributed by atoms with van der Waals surface area (Å²) in [5.74, 6) is 0.751. The van der Waals surface area contributed by atoms with Gasteiger partial charge in [0.25, 0.3) is 0 Å². The molecule has 0 aromatic carbocycles. The van der Waals surface area contributed by atoms with E-state index >= 15 is 0 Å². The summed E-state index contributed by atoms with van der Waals surface area (Å²) >= 11 is 0. The second-order valence-electron chi connectivity index (χ2n) is 6.06. The first-order valence-electron chi connectivity index (χ1n) is 5.55. The average Bonchev–Trinajstić information content (AvgIpc) is 2.30. The topological polar surface area (TPSA) is 26.0 Å². The molecule has 0 aromatic heterocycles. The molecule has 78 valence electrons. The van der Waals surface area contributed by atoms with Crippen LogP contribution in [-0.2, 0) is 0 Å². The molecule has 0 aliphatic heterocycles. The third-order valence-corrected chi connectivity index (χ3v) is 4.19. The highest BCUT2D eigenvalue weighted by Crippen LogP contribution is 2.55. The van der Waals surface area contributed by atoms with Crippen molar-refractivity contribution in [3.63, 3.8) is 0 Å². The van der Waals surface area contributed by atoms with E-state index in [1.54, 1.807) is 0 Å². The van der Waals surface area contributed by atoms with Crippen molar-refractivity contribution in [2.75, 3.05) is 0 Å². The lowest BCUT2D eigenvalue weighted by atomic mass is 9.59. The van der Waals surface area contributed by atoms with Gasteiger partial charge in [-0.25, -0.2) is 0 Å². The SMILES string of the molecule is CC(C)C1(C(C)(C)C)CC[C@@H](N)C1. The molecule has 2 N–H and O–H groups in total. The standard InChI is InChI=1S/C12H25N/c1-9(2)12(11(3,4)5)7-6-10(13)8-12/h9-10H,6-8,13H2,1-5H3/t10-,12?/m1/s1. The van der Waals surface area contributed by atoms with Crippen LogP contribution in [0.4, 0.5) is 0 Å². The lowest BCUT2D eigenvalue weighted by Crippen LogP contribution is -2.39. The quantitative estimate of drug-likeness (QED) is 0.664. The van der Waals surface area contributed by atoms with Gasteiger partial charge in [0.15, 0.2) is 0 Å². The first kappa shape index (κ1) is 11.0. The summed E-state index contributed by atoms with van der Waals surface area (Å²) in [5, 5.41) is 0. The van der Waals surface area contributed by atoms with E-state index in [1.165, 1.54) is 19.3 Å². The van der Waals surface area contributed by atoms with Crippen molar-refractivity contribution in [1.82, 2.24) is 0 Å². The molecular weight excluding hydrogens is 158 g/mol. The van der Waals surface area contributed by atoms with Crippen molar-refractivity contribution in [2.45, 2.75) is 59.9 Å². The van der Waals surface area contributed by atoms with Crippen LogP contribution in [0.25, 0.3) is 0 Å². The van der Waals surface area contributed by atoms with Gasteiger partial charge in [0.2, 0.25) is 0 Å². The van der Waals surface area contributed by atoms with E-state index in [0.717, 1.165) is 5.92 Å². The van der Waals surface area contributed by atoms with E-state index in [0.29, 0.717) is 16.9 Å². The van der Waals surface area contributed by atoms with Gasteiger partial charge in [-0.1, -0.05) is 34.6 Å². The zero-order chi connectivity index (χ0) is 10.3. The van der Waals surface area contributed by atoms with E-state index in [2.05, 4.69) is 34.6 Å². The average molecular weight is 183 g/mol. The summed E-state index contributed by atoms with van der Waals surface area (Å²) in [6.07, 6.45) is 3.75. The minimum Gasteiger partial charge on any atom is -0.328 e.